The molecule has 0 aromatic heterocycles. The van der Waals surface area contributed by atoms with E-state index in [0.29, 0.717) is 31.6 Å². The fourth-order valence-electron chi connectivity index (χ4n) is 5.14. The molecule has 0 saturated carbocycles. The molecule has 47 heavy (non-hydrogen) atoms. The summed E-state index contributed by atoms with van der Waals surface area (Å²) >= 11 is 0. The fraction of sp³-hybridized carbons (Fsp3) is 0.429. The lowest BCUT2D eigenvalue weighted by atomic mass is 10.0. The summed E-state index contributed by atoms with van der Waals surface area (Å²) in [7, 11) is -2.18. The van der Waals surface area contributed by atoms with Crippen LogP contribution in [0.4, 0.5) is 4.79 Å². The summed E-state index contributed by atoms with van der Waals surface area (Å²) in [6.45, 7) is 4.24. The van der Waals surface area contributed by atoms with Crippen molar-refractivity contribution in [2.24, 2.45) is 0 Å². The third-order valence-electron chi connectivity index (χ3n) is 7.70. The number of alkyl carbamates (subject to hydrolysis) is 1. The number of halogens is 1. The van der Waals surface area contributed by atoms with Crippen molar-refractivity contribution in [2.75, 3.05) is 19.4 Å². The summed E-state index contributed by atoms with van der Waals surface area (Å²) in [5.74, 6) is -0.603. The Hall–Kier alpha value is -3.64. The van der Waals surface area contributed by atoms with Crippen molar-refractivity contribution in [3.63, 3.8) is 0 Å². The first kappa shape index (κ1) is 39.5. The van der Waals surface area contributed by atoms with Crippen LogP contribution in [0.5, 0.6) is 5.75 Å². The minimum atomic E-state index is -3.77. The van der Waals surface area contributed by atoms with Gasteiger partial charge in [0, 0.05) is 13.1 Å². The molecule has 0 spiro atoms. The monoisotopic (exact) mass is 689 g/mol. The van der Waals surface area contributed by atoms with Gasteiger partial charge < -0.3 is 30.5 Å². The number of carbonyl (C=O) groups is 2. The molecule has 10 nitrogen and oxygen atoms in total. The number of hydrogen-bond donors (Lipinski definition) is 4. The average Bonchev–Trinajstić information content (AvgIpc) is 3.06. The Kier molecular flexibility index (Phi) is 17.3. The fourth-order valence-corrected chi connectivity index (χ4v) is 7.22. The highest BCUT2D eigenvalue weighted by molar-refractivity contribution is 7.92. The number of sulfone groups is 1. The molecule has 0 bridgehead atoms. The minimum absolute atomic E-state index is 0. The summed E-state index contributed by atoms with van der Waals surface area (Å²) in [4.78, 5) is 26.6. The second-order valence-corrected chi connectivity index (χ2v) is 13.6. The number of nitrogens with one attached hydrogen (secondary N) is 3. The Morgan fingerprint density at radius 1 is 0.872 bits per heavy atom. The number of methoxy groups -OCH3 is 1. The van der Waals surface area contributed by atoms with Gasteiger partial charge in [-0.05, 0) is 48.1 Å². The third kappa shape index (κ3) is 13.6. The molecule has 3 rings (SSSR count). The van der Waals surface area contributed by atoms with Crippen LogP contribution in [0.1, 0.15) is 49.8 Å². The number of benzene rings is 3. The first-order chi connectivity index (χ1) is 22.1. The smallest absolute Gasteiger partial charge is 0.408 e. The van der Waals surface area contributed by atoms with Crippen molar-refractivity contribution < 1.29 is 32.6 Å². The lowest BCUT2D eigenvalue weighted by Crippen LogP contribution is -2.57. The van der Waals surface area contributed by atoms with Gasteiger partial charge in [0.15, 0.2) is 9.84 Å². The molecule has 3 aromatic carbocycles. The van der Waals surface area contributed by atoms with Gasteiger partial charge >= 0.3 is 6.09 Å². The number of rotatable bonds is 19. The van der Waals surface area contributed by atoms with Crippen molar-refractivity contribution in [3.05, 3.63) is 102 Å². The molecule has 0 heterocycles. The van der Waals surface area contributed by atoms with Gasteiger partial charge in [-0.25, -0.2) is 13.2 Å². The predicted molar refractivity (Wildman–Crippen MR) is 186 cm³/mol. The van der Waals surface area contributed by atoms with Crippen LogP contribution in [-0.4, -0.2) is 68.4 Å². The van der Waals surface area contributed by atoms with Crippen LogP contribution in [0.3, 0.4) is 0 Å². The highest BCUT2D eigenvalue weighted by Gasteiger charge is 2.34. The van der Waals surface area contributed by atoms with Gasteiger partial charge in [0.25, 0.3) is 0 Å². The first-order valence-corrected chi connectivity index (χ1v) is 17.4. The number of hydrogen-bond acceptors (Lipinski definition) is 8. The molecular formula is C35H48ClN3O7S. The molecular weight excluding hydrogens is 642 g/mol. The van der Waals surface area contributed by atoms with Gasteiger partial charge in [0.2, 0.25) is 5.91 Å². The molecule has 0 radical (unpaired) electrons. The van der Waals surface area contributed by atoms with E-state index in [1.54, 1.807) is 26.2 Å². The van der Waals surface area contributed by atoms with Gasteiger partial charge in [-0.15, -0.1) is 12.4 Å². The quantitative estimate of drug-likeness (QED) is 0.143. The molecule has 0 saturated heterocycles. The van der Waals surface area contributed by atoms with Gasteiger partial charge in [-0.2, -0.15) is 0 Å². The molecule has 2 amide bonds. The number of carbonyl (C=O) groups excluding carboxylic acids is 2. The predicted octanol–water partition coefficient (Wildman–Crippen LogP) is 4.58. The maximum absolute atomic E-state index is 13.8. The van der Waals surface area contributed by atoms with E-state index in [1.807, 2.05) is 79.7 Å². The van der Waals surface area contributed by atoms with Crippen LogP contribution in [0, 0.1) is 0 Å². The number of aliphatic hydroxyl groups is 1. The summed E-state index contributed by atoms with van der Waals surface area (Å²) < 4.78 is 37.4. The average molecular weight is 690 g/mol. The molecule has 1 unspecified atom stereocenters. The second kappa shape index (κ2) is 20.6. The Balaban J connectivity index is 0.00000768. The standard InChI is InChI=1S/C35H47N3O7S.ClH/c1-4-13-30(5-2)46(42,43)25-32(38-35(41)45-24-27-16-10-7-11-17-27)34(40)37-31(21-26-14-8-6-9-15-26)33(39)23-36-22-28-18-12-19-29(20-28)44-3;/h6-12,14-20,30-33,36,39H,4-5,13,21-25H2,1-3H3,(H,37,40)(H,38,41);1H/t30?,31-,32-,33+;/m0./s1. The van der Waals surface area contributed by atoms with E-state index in [4.69, 9.17) is 9.47 Å². The van der Waals surface area contributed by atoms with Crippen molar-refractivity contribution in [3.8, 4) is 5.75 Å². The Morgan fingerprint density at radius 3 is 2.13 bits per heavy atom. The molecule has 3 aromatic rings. The van der Waals surface area contributed by atoms with E-state index in [0.717, 1.165) is 16.7 Å². The Labute approximate surface area is 285 Å². The Morgan fingerprint density at radius 2 is 1.51 bits per heavy atom. The van der Waals surface area contributed by atoms with Crippen LogP contribution in [0.25, 0.3) is 0 Å². The molecule has 0 fully saturated rings. The van der Waals surface area contributed by atoms with Crippen LogP contribution in [0.15, 0.2) is 84.9 Å². The number of amides is 2. The zero-order chi connectivity index (χ0) is 33.4. The molecule has 0 aliphatic rings. The summed E-state index contributed by atoms with van der Waals surface area (Å²) in [6.07, 6.45) is -0.185. The minimum Gasteiger partial charge on any atom is -0.497 e. The normalized spacial score (nSPS) is 13.7. The zero-order valence-corrected chi connectivity index (χ0v) is 28.9. The van der Waals surface area contributed by atoms with Gasteiger partial charge in [-0.3, -0.25) is 4.79 Å². The van der Waals surface area contributed by atoms with Crippen LogP contribution >= 0.6 is 12.4 Å². The summed E-state index contributed by atoms with van der Waals surface area (Å²) in [6, 6.07) is 23.7. The molecule has 0 aliphatic carbocycles. The lowest BCUT2D eigenvalue weighted by molar-refractivity contribution is -0.124. The number of ether oxygens (including phenoxy) is 2. The van der Waals surface area contributed by atoms with Crippen molar-refractivity contribution in [2.45, 2.75) is 76.1 Å². The summed E-state index contributed by atoms with van der Waals surface area (Å²) in [5.41, 5.74) is 2.57. The van der Waals surface area contributed by atoms with E-state index in [2.05, 4.69) is 16.0 Å². The maximum atomic E-state index is 13.8. The van der Waals surface area contributed by atoms with Gasteiger partial charge in [-0.1, -0.05) is 93.1 Å². The van der Waals surface area contributed by atoms with E-state index in [9.17, 15) is 23.1 Å². The van der Waals surface area contributed by atoms with Crippen LogP contribution in [0.2, 0.25) is 0 Å². The topological polar surface area (TPSA) is 143 Å². The lowest BCUT2D eigenvalue weighted by Gasteiger charge is -2.28. The van der Waals surface area contributed by atoms with Gasteiger partial charge in [0.05, 0.1) is 30.3 Å². The molecule has 4 atom stereocenters. The highest BCUT2D eigenvalue weighted by atomic mass is 35.5. The molecule has 4 N–H and O–H groups in total. The van der Waals surface area contributed by atoms with E-state index >= 15 is 0 Å². The summed E-state index contributed by atoms with van der Waals surface area (Å²) in [5, 5.41) is 19.2. The zero-order valence-electron chi connectivity index (χ0n) is 27.3. The van der Waals surface area contributed by atoms with Crippen molar-refractivity contribution in [1.29, 1.82) is 0 Å². The van der Waals surface area contributed by atoms with Gasteiger partial charge in [0.1, 0.15) is 18.4 Å². The molecule has 258 valence electrons. The first-order valence-electron chi connectivity index (χ1n) is 15.7. The highest BCUT2D eigenvalue weighted by Crippen LogP contribution is 2.16. The van der Waals surface area contributed by atoms with E-state index in [-0.39, 0.29) is 32.0 Å². The van der Waals surface area contributed by atoms with Crippen molar-refractivity contribution in [1.82, 2.24) is 16.0 Å². The SMILES string of the molecule is CCCC(CC)S(=O)(=O)C[C@H](NC(=O)OCc1ccccc1)C(=O)N[C@@H](Cc1ccccc1)[C@H](O)CNCc1cccc(OC)c1.Cl. The second-order valence-electron chi connectivity index (χ2n) is 11.3. The molecule has 12 heteroatoms. The molecule has 0 aliphatic heterocycles. The number of aliphatic hydroxyl groups excluding tert-OH is 1. The van der Waals surface area contributed by atoms with Crippen LogP contribution < -0.4 is 20.7 Å². The maximum Gasteiger partial charge on any atom is 0.408 e. The van der Waals surface area contributed by atoms with E-state index < -0.39 is 51.0 Å². The van der Waals surface area contributed by atoms with Crippen molar-refractivity contribution >= 4 is 34.2 Å². The third-order valence-corrected chi connectivity index (χ3v) is 10.1. The van der Waals surface area contributed by atoms with E-state index in [1.165, 1.54) is 0 Å². The van der Waals surface area contributed by atoms with Crippen LogP contribution in [-0.2, 0) is 38.9 Å². The Bertz CT molecular complexity index is 1460. The largest absolute Gasteiger partial charge is 0.497 e.